The molecule has 0 unspecified atom stereocenters. The first-order valence-corrected chi connectivity index (χ1v) is 5.52. The number of hydrogen-bond donors (Lipinski definition) is 0. The van der Waals surface area contributed by atoms with Crippen molar-refractivity contribution in [3.05, 3.63) is 29.0 Å². The Balaban J connectivity index is 1.79. The van der Waals surface area contributed by atoms with Gasteiger partial charge in [-0.2, -0.15) is 0 Å². The van der Waals surface area contributed by atoms with Crippen LogP contribution in [0.2, 0.25) is 5.15 Å². The highest BCUT2D eigenvalue weighted by Crippen LogP contribution is 2.13. The maximum absolute atomic E-state index is 5.75. The van der Waals surface area contributed by atoms with Crippen molar-refractivity contribution in [3.8, 4) is 0 Å². The van der Waals surface area contributed by atoms with Crippen LogP contribution in [-0.2, 0) is 16.1 Å². The number of halogens is 1. The number of rotatable bonds is 3. The normalized spacial score (nSPS) is 17.9. The van der Waals surface area contributed by atoms with Crippen LogP contribution >= 0.6 is 11.6 Å². The maximum atomic E-state index is 5.75. The Labute approximate surface area is 94.4 Å². The van der Waals surface area contributed by atoms with Crippen LogP contribution in [0.3, 0.4) is 0 Å². The molecule has 1 aromatic rings. The van der Waals surface area contributed by atoms with E-state index >= 15 is 0 Å². The highest BCUT2D eigenvalue weighted by molar-refractivity contribution is 6.29. The number of hydrogen-bond acceptors (Lipinski definition) is 3. The van der Waals surface area contributed by atoms with Gasteiger partial charge in [-0.05, 0) is 24.5 Å². The summed E-state index contributed by atoms with van der Waals surface area (Å²) >= 11 is 5.69. The lowest BCUT2D eigenvalue weighted by Gasteiger charge is -2.22. The Bertz CT molecular complexity index is 296. The summed E-state index contributed by atoms with van der Waals surface area (Å²) in [5.74, 6) is 0. The molecule has 1 aliphatic heterocycles. The fraction of sp³-hybridized carbons (Fsp3) is 0.545. The molecular weight excluding hydrogens is 214 g/mol. The fourth-order valence-electron chi connectivity index (χ4n) is 1.55. The number of aromatic nitrogens is 1. The van der Waals surface area contributed by atoms with Gasteiger partial charge in [0.05, 0.1) is 12.7 Å². The first-order valence-electron chi connectivity index (χ1n) is 5.14. The molecule has 0 radical (unpaired) electrons. The second-order valence-corrected chi connectivity index (χ2v) is 4.00. The zero-order valence-corrected chi connectivity index (χ0v) is 9.24. The largest absolute Gasteiger partial charge is 0.381 e. The van der Waals surface area contributed by atoms with Crippen molar-refractivity contribution in [2.24, 2.45) is 0 Å². The van der Waals surface area contributed by atoms with Crippen molar-refractivity contribution in [3.63, 3.8) is 0 Å². The molecule has 0 N–H and O–H groups in total. The molecule has 3 nitrogen and oxygen atoms in total. The molecule has 1 aromatic heterocycles. The minimum Gasteiger partial charge on any atom is -0.381 e. The van der Waals surface area contributed by atoms with Crippen LogP contribution in [0.25, 0.3) is 0 Å². The number of ether oxygens (including phenoxy) is 2. The zero-order chi connectivity index (χ0) is 10.5. The van der Waals surface area contributed by atoms with Crippen LogP contribution < -0.4 is 0 Å². The lowest BCUT2D eigenvalue weighted by molar-refractivity contribution is -0.0391. The SMILES string of the molecule is Clc1ccc(COC2CCOCC2)cn1. The Morgan fingerprint density at radius 3 is 2.87 bits per heavy atom. The molecule has 1 aliphatic rings. The molecule has 4 heteroatoms. The topological polar surface area (TPSA) is 31.4 Å². The molecule has 0 atom stereocenters. The fourth-order valence-corrected chi connectivity index (χ4v) is 1.66. The third-order valence-corrected chi connectivity index (χ3v) is 2.67. The van der Waals surface area contributed by atoms with Gasteiger partial charge in [-0.15, -0.1) is 0 Å². The van der Waals surface area contributed by atoms with E-state index in [-0.39, 0.29) is 0 Å². The van der Waals surface area contributed by atoms with Crippen LogP contribution in [0, 0.1) is 0 Å². The smallest absolute Gasteiger partial charge is 0.129 e. The molecule has 0 saturated carbocycles. The van der Waals surface area contributed by atoms with Gasteiger partial charge < -0.3 is 9.47 Å². The van der Waals surface area contributed by atoms with E-state index in [0.29, 0.717) is 17.9 Å². The van der Waals surface area contributed by atoms with E-state index in [1.165, 1.54) is 0 Å². The molecule has 0 spiro atoms. The first kappa shape index (κ1) is 10.9. The molecule has 2 heterocycles. The molecule has 15 heavy (non-hydrogen) atoms. The van der Waals surface area contributed by atoms with E-state index < -0.39 is 0 Å². The monoisotopic (exact) mass is 227 g/mol. The summed E-state index contributed by atoms with van der Waals surface area (Å²) in [4.78, 5) is 4.00. The highest BCUT2D eigenvalue weighted by atomic mass is 35.5. The van der Waals surface area contributed by atoms with Crippen LogP contribution in [0.4, 0.5) is 0 Å². The molecular formula is C11H14ClNO2. The lowest BCUT2D eigenvalue weighted by atomic mass is 10.1. The van der Waals surface area contributed by atoms with Crippen molar-refractivity contribution in [1.82, 2.24) is 4.98 Å². The van der Waals surface area contributed by atoms with Gasteiger partial charge in [0, 0.05) is 19.4 Å². The first-order chi connectivity index (χ1) is 7.34. The minimum absolute atomic E-state index is 0.328. The summed E-state index contributed by atoms with van der Waals surface area (Å²) < 4.78 is 11.0. The number of pyridine rings is 1. The average Bonchev–Trinajstić information content (AvgIpc) is 2.30. The third kappa shape index (κ3) is 3.45. The van der Waals surface area contributed by atoms with Gasteiger partial charge in [0.1, 0.15) is 5.15 Å². The van der Waals surface area contributed by atoms with Gasteiger partial charge in [0.2, 0.25) is 0 Å². The summed E-state index contributed by atoms with van der Waals surface area (Å²) in [5, 5.41) is 0.518. The third-order valence-electron chi connectivity index (χ3n) is 2.44. The minimum atomic E-state index is 0.328. The summed E-state index contributed by atoms with van der Waals surface area (Å²) in [5.41, 5.74) is 1.06. The Morgan fingerprint density at radius 2 is 2.20 bits per heavy atom. The zero-order valence-electron chi connectivity index (χ0n) is 8.49. The Morgan fingerprint density at radius 1 is 1.40 bits per heavy atom. The highest BCUT2D eigenvalue weighted by Gasteiger charge is 2.13. The summed E-state index contributed by atoms with van der Waals surface area (Å²) in [6.45, 7) is 2.22. The van der Waals surface area contributed by atoms with Gasteiger partial charge in [0.15, 0.2) is 0 Å². The van der Waals surface area contributed by atoms with E-state index in [0.717, 1.165) is 31.6 Å². The quantitative estimate of drug-likeness (QED) is 0.744. The van der Waals surface area contributed by atoms with Crippen molar-refractivity contribution in [2.45, 2.75) is 25.6 Å². The van der Waals surface area contributed by atoms with Gasteiger partial charge in [-0.25, -0.2) is 4.98 Å². The maximum Gasteiger partial charge on any atom is 0.129 e. The van der Waals surface area contributed by atoms with E-state index in [9.17, 15) is 0 Å². The molecule has 0 bridgehead atoms. The van der Waals surface area contributed by atoms with E-state index in [1.54, 1.807) is 12.3 Å². The van der Waals surface area contributed by atoms with Crippen LogP contribution in [0.1, 0.15) is 18.4 Å². The van der Waals surface area contributed by atoms with Gasteiger partial charge in [0.25, 0.3) is 0 Å². The Hall–Kier alpha value is -0.640. The molecule has 82 valence electrons. The second kappa shape index (κ2) is 5.45. The summed E-state index contributed by atoms with van der Waals surface area (Å²) in [7, 11) is 0. The van der Waals surface area contributed by atoms with Crippen molar-refractivity contribution >= 4 is 11.6 Å². The number of nitrogens with zero attached hydrogens (tertiary/aromatic N) is 1. The Kier molecular flexibility index (Phi) is 3.94. The molecule has 0 aliphatic carbocycles. The van der Waals surface area contributed by atoms with Crippen molar-refractivity contribution in [1.29, 1.82) is 0 Å². The van der Waals surface area contributed by atoms with Gasteiger partial charge in [-0.1, -0.05) is 17.7 Å². The molecule has 0 amide bonds. The van der Waals surface area contributed by atoms with E-state index in [1.807, 2.05) is 6.07 Å². The molecule has 0 aromatic carbocycles. The molecule has 1 fully saturated rings. The summed E-state index contributed by atoms with van der Waals surface area (Å²) in [6.07, 6.45) is 4.05. The van der Waals surface area contributed by atoms with Crippen LogP contribution in [0.15, 0.2) is 18.3 Å². The van der Waals surface area contributed by atoms with Crippen LogP contribution in [-0.4, -0.2) is 24.3 Å². The average molecular weight is 228 g/mol. The van der Waals surface area contributed by atoms with E-state index in [2.05, 4.69) is 4.98 Å². The standard InChI is InChI=1S/C11H14ClNO2/c12-11-2-1-9(7-13-11)8-15-10-3-5-14-6-4-10/h1-2,7,10H,3-6,8H2. The van der Waals surface area contributed by atoms with Gasteiger partial charge in [-0.3, -0.25) is 0 Å². The summed E-state index contributed by atoms with van der Waals surface area (Å²) in [6, 6.07) is 3.72. The van der Waals surface area contributed by atoms with Crippen molar-refractivity contribution < 1.29 is 9.47 Å². The molecule has 1 saturated heterocycles. The van der Waals surface area contributed by atoms with Crippen molar-refractivity contribution in [2.75, 3.05) is 13.2 Å². The predicted octanol–water partition coefficient (Wildman–Crippen LogP) is 2.43. The van der Waals surface area contributed by atoms with Gasteiger partial charge >= 0.3 is 0 Å². The molecule has 2 rings (SSSR count). The second-order valence-electron chi connectivity index (χ2n) is 3.61. The van der Waals surface area contributed by atoms with Crippen LogP contribution in [0.5, 0.6) is 0 Å². The van der Waals surface area contributed by atoms with E-state index in [4.69, 9.17) is 21.1 Å². The predicted molar refractivity (Wildman–Crippen MR) is 57.9 cm³/mol. The lowest BCUT2D eigenvalue weighted by Crippen LogP contribution is -2.23.